The number of carbonyl (C=O) groups is 1. The molecule has 0 aliphatic carbocycles. The Bertz CT molecular complexity index is 1370. The van der Waals surface area contributed by atoms with Gasteiger partial charge in [-0.25, -0.2) is 9.36 Å². The number of aryl methyl sites for hydroxylation is 3. The van der Waals surface area contributed by atoms with Crippen molar-refractivity contribution in [1.82, 2.24) is 19.6 Å². The standard InChI is InChI=1S/C24H25N5O4S/c1-14-7-15(2)28(26-14)12-29-17(4)23(16(3)27-29)25-24(30)22-8-18(11-34-22)10-31-19-5-6-20-21(9-19)33-13-32-20/h5-9,11H,10,12-13H2,1-4H3,(H,25,30). The van der Waals surface area contributed by atoms with Crippen LogP contribution in [-0.4, -0.2) is 32.3 Å². The summed E-state index contributed by atoms with van der Waals surface area (Å²) in [5, 5.41) is 14.0. The van der Waals surface area contributed by atoms with Gasteiger partial charge in [-0.1, -0.05) is 0 Å². The van der Waals surface area contributed by atoms with Crippen molar-refractivity contribution in [3.8, 4) is 17.2 Å². The number of benzene rings is 1. The molecule has 4 aromatic rings. The van der Waals surface area contributed by atoms with Gasteiger partial charge in [-0.15, -0.1) is 11.3 Å². The zero-order valence-corrected chi connectivity index (χ0v) is 20.2. The van der Waals surface area contributed by atoms with E-state index in [1.807, 2.05) is 66.7 Å². The fourth-order valence-electron chi connectivity index (χ4n) is 3.84. The summed E-state index contributed by atoms with van der Waals surface area (Å²) in [5.41, 5.74) is 5.30. The number of hydrogen-bond acceptors (Lipinski definition) is 7. The lowest BCUT2D eigenvalue weighted by atomic mass is 10.2. The van der Waals surface area contributed by atoms with E-state index in [-0.39, 0.29) is 12.7 Å². The molecule has 0 atom stereocenters. The molecule has 34 heavy (non-hydrogen) atoms. The van der Waals surface area contributed by atoms with Gasteiger partial charge in [-0.2, -0.15) is 10.2 Å². The van der Waals surface area contributed by atoms with Crippen LogP contribution in [0, 0.1) is 27.7 Å². The van der Waals surface area contributed by atoms with Crippen molar-refractivity contribution in [2.24, 2.45) is 0 Å². The largest absolute Gasteiger partial charge is 0.489 e. The van der Waals surface area contributed by atoms with Crippen LogP contribution in [0.1, 0.15) is 38.0 Å². The number of anilines is 1. The van der Waals surface area contributed by atoms with E-state index in [9.17, 15) is 4.79 Å². The van der Waals surface area contributed by atoms with Crippen LogP contribution >= 0.6 is 11.3 Å². The smallest absolute Gasteiger partial charge is 0.265 e. The van der Waals surface area contributed by atoms with Crippen molar-refractivity contribution >= 4 is 22.9 Å². The Hall–Kier alpha value is -3.79. The number of amides is 1. The van der Waals surface area contributed by atoms with Crippen molar-refractivity contribution in [1.29, 1.82) is 0 Å². The van der Waals surface area contributed by atoms with E-state index in [1.54, 1.807) is 6.07 Å². The van der Waals surface area contributed by atoms with Gasteiger partial charge in [-0.05, 0) is 57.3 Å². The number of fused-ring (bicyclic) bond motifs is 1. The molecule has 5 rings (SSSR count). The molecule has 1 amide bonds. The number of hydrogen-bond donors (Lipinski definition) is 1. The fourth-order valence-corrected chi connectivity index (χ4v) is 4.63. The summed E-state index contributed by atoms with van der Waals surface area (Å²) in [4.78, 5) is 13.5. The topological polar surface area (TPSA) is 92.4 Å². The minimum Gasteiger partial charge on any atom is -0.489 e. The summed E-state index contributed by atoms with van der Waals surface area (Å²) in [7, 11) is 0. The van der Waals surface area contributed by atoms with Crippen molar-refractivity contribution < 1.29 is 19.0 Å². The second-order valence-corrected chi connectivity index (χ2v) is 9.10. The van der Waals surface area contributed by atoms with Crippen molar-refractivity contribution in [2.45, 2.75) is 41.0 Å². The molecule has 176 valence electrons. The lowest BCUT2D eigenvalue weighted by Crippen LogP contribution is -2.15. The maximum atomic E-state index is 12.9. The van der Waals surface area contributed by atoms with Crippen molar-refractivity contribution in [3.63, 3.8) is 0 Å². The first-order valence-electron chi connectivity index (χ1n) is 10.8. The highest BCUT2D eigenvalue weighted by atomic mass is 32.1. The van der Waals surface area contributed by atoms with Gasteiger partial charge in [0.25, 0.3) is 5.91 Å². The molecule has 4 heterocycles. The first-order chi connectivity index (χ1) is 16.4. The highest BCUT2D eigenvalue weighted by Gasteiger charge is 2.18. The van der Waals surface area contributed by atoms with Gasteiger partial charge >= 0.3 is 0 Å². The van der Waals surface area contributed by atoms with Gasteiger partial charge in [-0.3, -0.25) is 4.79 Å². The van der Waals surface area contributed by atoms with Crippen LogP contribution in [0.4, 0.5) is 5.69 Å². The second kappa shape index (κ2) is 8.86. The minimum absolute atomic E-state index is 0.170. The number of thiophene rings is 1. The van der Waals surface area contributed by atoms with Crippen LogP contribution in [0.5, 0.6) is 17.2 Å². The van der Waals surface area contributed by atoms with Gasteiger partial charge in [0.05, 0.1) is 27.6 Å². The van der Waals surface area contributed by atoms with E-state index in [4.69, 9.17) is 14.2 Å². The molecule has 10 heteroatoms. The maximum absolute atomic E-state index is 12.9. The molecule has 1 aliphatic heterocycles. The van der Waals surface area contributed by atoms with Crippen LogP contribution in [0.3, 0.4) is 0 Å². The zero-order chi connectivity index (χ0) is 23.8. The number of carbonyl (C=O) groups excluding carboxylic acids is 1. The molecule has 9 nitrogen and oxygen atoms in total. The maximum Gasteiger partial charge on any atom is 0.265 e. The molecule has 0 saturated heterocycles. The van der Waals surface area contributed by atoms with Gasteiger partial charge in [0.15, 0.2) is 11.5 Å². The first-order valence-corrected chi connectivity index (χ1v) is 11.7. The predicted molar refractivity (Wildman–Crippen MR) is 128 cm³/mol. The number of aromatic nitrogens is 4. The van der Waals surface area contributed by atoms with Crippen LogP contribution in [0.25, 0.3) is 0 Å². The molecule has 1 aromatic carbocycles. The van der Waals surface area contributed by atoms with Gasteiger partial charge in [0.1, 0.15) is 19.0 Å². The van der Waals surface area contributed by atoms with Gasteiger partial charge in [0, 0.05) is 17.3 Å². The fraction of sp³-hybridized carbons (Fsp3) is 0.292. The Balaban J connectivity index is 1.23. The summed E-state index contributed by atoms with van der Waals surface area (Å²) in [6.45, 7) is 8.87. The van der Waals surface area contributed by atoms with Crippen molar-refractivity contribution in [3.05, 3.63) is 68.9 Å². The molecule has 0 bridgehead atoms. The molecule has 3 aromatic heterocycles. The molecular weight excluding hydrogens is 454 g/mol. The molecule has 0 unspecified atom stereocenters. The third-order valence-electron chi connectivity index (χ3n) is 5.62. The lowest BCUT2D eigenvalue weighted by Gasteiger charge is -2.08. The summed E-state index contributed by atoms with van der Waals surface area (Å²) in [6.07, 6.45) is 0. The Labute approximate surface area is 200 Å². The zero-order valence-electron chi connectivity index (χ0n) is 19.4. The van der Waals surface area contributed by atoms with Gasteiger partial charge < -0.3 is 19.5 Å². The van der Waals surface area contributed by atoms with Crippen LogP contribution < -0.4 is 19.5 Å². The van der Waals surface area contributed by atoms with E-state index < -0.39 is 0 Å². The number of nitrogens with one attached hydrogen (secondary N) is 1. The lowest BCUT2D eigenvalue weighted by molar-refractivity contribution is 0.103. The number of ether oxygens (including phenoxy) is 3. The van der Waals surface area contributed by atoms with E-state index in [2.05, 4.69) is 15.5 Å². The molecule has 1 N–H and O–H groups in total. The Morgan fingerprint density at radius 3 is 2.71 bits per heavy atom. The monoisotopic (exact) mass is 479 g/mol. The molecular formula is C24H25N5O4S. The quantitative estimate of drug-likeness (QED) is 0.421. The van der Waals surface area contributed by atoms with Crippen LogP contribution in [0.2, 0.25) is 0 Å². The molecule has 0 fully saturated rings. The van der Waals surface area contributed by atoms with E-state index in [1.165, 1.54) is 11.3 Å². The van der Waals surface area contributed by atoms with E-state index in [0.717, 1.165) is 34.0 Å². The molecule has 1 aliphatic rings. The summed E-state index contributed by atoms with van der Waals surface area (Å²) in [5.74, 6) is 1.90. The van der Waals surface area contributed by atoms with E-state index >= 15 is 0 Å². The average molecular weight is 480 g/mol. The predicted octanol–water partition coefficient (Wildman–Crippen LogP) is 4.44. The highest BCUT2D eigenvalue weighted by Crippen LogP contribution is 2.35. The first kappa shape index (κ1) is 22.0. The van der Waals surface area contributed by atoms with Crippen LogP contribution in [0.15, 0.2) is 35.7 Å². The van der Waals surface area contributed by atoms with Gasteiger partial charge in [0.2, 0.25) is 6.79 Å². The summed E-state index contributed by atoms with van der Waals surface area (Å²) < 4.78 is 20.3. The molecule has 0 radical (unpaired) electrons. The SMILES string of the molecule is Cc1cc(C)n(Cn2nc(C)c(NC(=O)c3cc(COc4ccc5c(c4)OCO5)cs3)c2C)n1. The third kappa shape index (κ3) is 4.36. The Kier molecular flexibility index (Phi) is 5.74. The molecule has 0 saturated carbocycles. The normalized spacial score (nSPS) is 12.2. The van der Waals surface area contributed by atoms with Crippen molar-refractivity contribution in [2.75, 3.05) is 12.1 Å². The number of rotatable bonds is 7. The summed E-state index contributed by atoms with van der Waals surface area (Å²) in [6, 6.07) is 9.33. The second-order valence-electron chi connectivity index (χ2n) is 8.19. The average Bonchev–Trinajstić information content (AvgIpc) is 3.58. The van der Waals surface area contributed by atoms with Crippen LogP contribution in [-0.2, 0) is 13.3 Å². The third-order valence-corrected chi connectivity index (χ3v) is 6.60. The number of nitrogens with zero attached hydrogens (tertiary/aromatic N) is 4. The summed E-state index contributed by atoms with van der Waals surface area (Å²) >= 11 is 1.38. The minimum atomic E-state index is -0.170. The highest BCUT2D eigenvalue weighted by molar-refractivity contribution is 7.12. The van der Waals surface area contributed by atoms with E-state index in [0.29, 0.717) is 35.4 Å². The molecule has 0 spiro atoms. The Morgan fingerprint density at radius 1 is 1.09 bits per heavy atom. The Morgan fingerprint density at radius 2 is 1.91 bits per heavy atom.